The zero-order valence-electron chi connectivity index (χ0n) is 13.1. The first kappa shape index (κ1) is 21.0. The van der Waals surface area contributed by atoms with Crippen molar-refractivity contribution in [2.45, 2.75) is 11.6 Å². The number of pyridine rings is 1. The summed E-state index contributed by atoms with van der Waals surface area (Å²) in [5.74, 6) is -0.409. The van der Waals surface area contributed by atoms with Gasteiger partial charge >= 0.3 is 11.6 Å². The average Bonchev–Trinajstić information content (AvgIpc) is 2.95. The quantitative estimate of drug-likeness (QED) is 0.176. The van der Waals surface area contributed by atoms with Crippen molar-refractivity contribution in [1.82, 2.24) is 14.8 Å². The minimum absolute atomic E-state index is 0.0126. The highest BCUT2D eigenvalue weighted by Crippen LogP contribution is 2.43. The van der Waals surface area contributed by atoms with E-state index in [1.807, 2.05) is 0 Å². The van der Waals surface area contributed by atoms with E-state index in [1.54, 1.807) is 0 Å². The Morgan fingerprint density at radius 1 is 1.00 bits per heavy atom. The van der Waals surface area contributed by atoms with Crippen LogP contribution in [0.25, 0.3) is 16.6 Å². The number of fused-ring (bicyclic) bond motifs is 1. The average molecular weight is 478 g/mol. The Balaban J connectivity index is 2.43. The van der Waals surface area contributed by atoms with Crippen molar-refractivity contribution in [3.63, 3.8) is 0 Å². The summed E-state index contributed by atoms with van der Waals surface area (Å²) in [6.07, 6.45) is -5.10. The van der Waals surface area contributed by atoms with Gasteiger partial charge in [0.2, 0.25) is 0 Å². The van der Waals surface area contributed by atoms with Gasteiger partial charge in [-0.25, -0.2) is 14.7 Å². The first-order chi connectivity index (χ1) is 12.8. The van der Waals surface area contributed by atoms with Crippen LogP contribution in [0.5, 0.6) is 0 Å². The Labute approximate surface area is 173 Å². The summed E-state index contributed by atoms with van der Waals surface area (Å²) in [6, 6.07) is 3.14. The molecule has 0 aliphatic heterocycles. The highest BCUT2D eigenvalue weighted by Gasteiger charge is 2.41. The van der Waals surface area contributed by atoms with E-state index in [4.69, 9.17) is 46.4 Å². The molecule has 1 aromatic carbocycles. The fourth-order valence-corrected chi connectivity index (χ4v) is 3.11. The van der Waals surface area contributed by atoms with Crippen LogP contribution in [0.15, 0.2) is 23.2 Å². The van der Waals surface area contributed by atoms with Crippen LogP contribution in [0.2, 0.25) is 15.1 Å². The number of nitrogens with zero attached hydrogens (tertiary/aromatic N) is 4. The molecule has 0 fully saturated rings. The number of rotatable bonds is 3. The van der Waals surface area contributed by atoms with Gasteiger partial charge in [-0.2, -0.15) is 27.1 Å². The van der Waals surface area contributed by atoms with Crippen LogP contribution in [0.3, 0.4) is 0 Å². The van der Waals surface area contributed by atoms with Crippen LogP contribution >= 0.6 is 46.4 Å². The molecule has 0 N–H and O–H groups in total. The van der Waals surface area contributed by atoms with Crippen LogP contribution in [0.4, 0.5) is 27.8 Å². The number of hydrogen-bond donors (Lipinski definition) is 0. The summed E-state index contributed by atoms with van der Waals surface area (Å²) in [5, 5.41) is -0.899. The largest absolute Gasteiger partial charge is 0.434 e. The second kappa shape index (κ2) is 6.98. The van der Waals surface area contributed by atoms with Crippen molar-refractivity contribution < 1.29 is 22.0 Å². The fourth-order valence-electron chi connectivity index (χ4n) is 2.43. The van der Waals surface area contributed by atoms with Crippen LogP contribution in [0.1, 0.15) is 11.4 Å². The number of halogens is 9. The van der Waals surface area contributed by atoms with E-state index in [1.165, 1.54) is 12.1 Å². The Morgan fingerprint density at radius 2 is 1.57 bits per heavy atom. The summed E-state index contributed by atoms with van der Waals surface area (Å²) < 4.78 is 68.2. The summed E-state index contributed by atoms with van der Waals surface area (Å²) in [5.41, 5.74) is -3.37. The molecule has 0 amide bonds. The molecular formula is C15H5Cl4F5N4. The maximum Gasteiger partial charge on any atom is 0.434 e. The van der Waals surface area contributed by atoms with Gasteiger partial charge in [0.1, 0.15) is 5.69 Å². The predicted molar refractivity (Wildman–Crippen MR) is 97.9 cm³/mol. The molecule has 0 aliphatic carbocycles. The minimum atomic E-state index is -5.10. The summed E-state index contributed by atoms with van der Waals surface area (Å²) in [6.45, 7) is 3.22. The number of aliphatic imine (C=N–C) groups is 1. The van der Waals surface area contributed by atoms with E-state index in [0.717, 1.165) is 4.68 Å². The molecular weight excluding hydrogens is 473 g/mol. The van der Waals surface area contributed by atoms with Crippen molar-refractivity contribution in [2.75, 3.05) is 0 Å². The monoisotopic (exact) mass is 476 g/mol. The molecule has 0 saturated heterocycles. The van der Waals surface area contributed by atoms with E-state index in [2.05, 4.69) is 21.8 Å². The Bertz CT molecular complexity index is 1080. The number of benzene rings is 1. The highest BCUT2D eigenvalue weighted by atomic mass is 35.5. The highest BCUT2D eigenvalue weighted by molar-refractivity contribution is 6.48. The number of hydrogen-bond acceptors (Lipinski definition) is 3. The molecule has 0 spiro atoms. The summed E-state index contributed by atoms with van der Waals surface area (Å²) >= 11 is 22.6. The Hall–Kier alpha value is -1.68. The SMILES string of the molecule is C=Nc1c2c(C(F)(F)F)nc(C(F)(F)Cl)cc2nn1-c1cc(Cl)c(Cl)c(Cl)c1. The molecule has 3 rings (SSSR count). The predicted octanol–water partition coefficient (Wildman–Crippen LogP) is 7.02. The number of aromatic nitrogens is 3. The maximum absolute atomic E-state index is 13.5. The molecule has 0 bridgehead atoms. The van der Waals surface area contributed by atoms with Crippen molar-refractivity contribution in [2.24, 2.45) is 4.99 Å². The molecule has 2 aromatic heterocycles. The molecule has 148 valence electrons. The van der Waals surface area contributed by atoms with Crippen LogP contribution in [-0.4, -0.2) is 21.5 Å². The third-order valence-corrected chi connectivity index (χ3v) is 4.94. The topological polar surface area (TPSA) is 43.1 Å². The van der Waals surface area contributed by atoms with Crippen LogP contribution in [0, 0.1) is 0 Å². The van der Waals surface area contributed by atoms with Gasteiger partial charge in [0.25, 0.3) is 0 Å². The van der Waals surface area contributed by atoms with Crippen molar-refractivity contribution in [3.8, 4) is 5.69 Å². The van der Waals surface area contributed by atoms with E-state index >= 15 is 0 Å². The van der Waals surface area contributed by atoms with Gasteiger partial charge < -0.3 is 0 Å². The van der Waals surface area contributed by atoms with Gasteiger partial charge in [0.15, 0.2) is 11.5 Å². The third kappa shape index (κ3) is 3.63. The lowest BCUT2D eigenvalue weighted by Gasteiger charge is -2.12. The van der Waals surface area contributed by atoms with Gasteiger partial charge in [0, 0.05) is 0 Å². The lowest BCUT2D eigenvalue weighted by Crippen LogP contribution is -2.14. The van der Waals surface area contributed by atoms with Crippen LogP contribution < -0.4 is 0 Å². The first-order valence-electron chi connectivity index (χ1n) is 7.04. The minimum Gasteiger partial charge on any atom is -0.244 e. The van der Waals surface area contributed by atoms with Gasteiger partial charge in [0.05, 0.1) is 31.7 Å². The van der Waals surface area contributed by atoms with Gasteiger partial charge in [-0.15, -0.1) is 0 Å². The second-order valence-corrected chi connectivity index (χ2v) is 7.03. The summed E-state index contributed by atoms with van der Waals surface area (Å²) in [4.78, 5) is 6.54. The molecule has 0 aliphatic rings. The Morgan fingerprint density at radius 3 is 2.04 bits per heavy atom. The van der Waals surface area contributed by atoms with E-state index in [9.17, 15) is 22.0 Å². The number of alkyl halides is 6. The normalized spacial score (nSPS) is 12.6. The molecule has 4 nitrogen and oxygen atoms in total. The zero-order valence-corrected chi connectivity index (χ0v) is 16.2. The molecule has 2 heterocycles. The van der Waals surface area contributed by atoms with E-state index < -0.39 is 39.7 Å². The lowest BCUT2D eigenvalue weighted by atomic mass is 10.2. The third-order valence-electron chi connectivity index (χ3n) is 3.55. The molecule has 3 aromatic rings. The van der Waals surface area contributed by atoms with Gasteiger partial charge in [-0.05, 0) is 36.5 Å². The summed E-state index contributed by atoms with van der Waals surface area (Å²) in [7, 11) is 0. The molecule has 28 heavy (non-hydrogen) atoms. The maximum atomic E-state index is 13.5. The molecule has 13 heteroatoms. The molecule has 0 unspecified atom stereocenters. The molecule has 0 atom stereocenters. The second-order valence-electron chi connectivity index (χ2n) is 5.36. The van der Waals surface area contributed by atoms with Gasteiger partial charge in [-0.1, -0.05) is 34.8 Å². The van der Waals surface area contributed by atoms with Crippen molar-refractivity contribution in [3.05, 3.63) is 44.7 Å². The Kier molecular flexibility index (Phi) is 5.24. The smallest absolute Gasteiger partial charge is 0.244 e. The van der Waals surface area contributed by atoms with Gasteiger partial charge in [-0.3, -0.25) is 0 Å². The van der Waals surface area contributed by atoms with E-state index in [-0.39, 0.29) is 20.8 Å². The fraction of sp³-hybridized carbons (Fsp3) is 0.133. The lowest BCUT2D eigenvalue weighted by molar-refractivity contribution is -0.140. The first-order valence-corrected chi connectivity index (χ1v) is 8.55. The van der Waals surface area contributed by atoms with Crippen LogP contribution in [-0.2, 0) is 11.6 Å². The zero-order chi connectivity index (χ0) is 21.0. The standard InChI is InChI=1S/C15H5Cl4F5N4/c1-25-13-10-8(4-9(14(19,20)21)26-12(10)15(22,23)24)27-28(13)5-2-6(16)11(18)7(17)3-5/h2-4H,1H2. The molecule has 0 radical (unpaired) electrons. The molecule has 0 saturated carbocycles. The van der Waals surface area contributed by atoms with Crippen molar-refractivity contribution >= 4 is 69.8 Å². The van der Waals surface area contributed by atoms with Crippen molar-refractivity contribution in [1.29, 1.82) is 0 Å². The van der Waals surface area contributed by atoms with E-state index in [0.29, 0.717) is 6.07 Å².